The van der Waals surface area contributed by atoms with Crippen LogP contribution >= 0.6 is 15.9 Å². The number of hydrogen-bond acceptors (Lipinski definition) is 4. The lowest BCUT2D eigenvalue weighted by atomic mass is 10.2. The fraction of sp³-hybridized carbons (Fsp3) is 0.333. The number of nitrogens with zero attached hydrogens (tertiary/aromatic N) is 2. The van der Waals surface area contributed by atoms with E-state index in [0.29, 0.717) is 12.4 Å². The lowest BCUT2D eigenvalue weighted by Crippen LogP contribution is -3.15. The van der Waals surface area contributed by atoms with Crippen molar-refractivity contribution in [1.29, 1.82) is 0 Å². The zero-order valence-corrected chi connectivity index (χ0v) is 15.8. The van der Waals surface area contributed by atoms with Crippen molar-refractivity contribution < 1.29 is 14.4 Å². The number of benzene rings is 1. The van der Waals surface area contributed by atoms with Crippen molar-refractivity contribution in [1.82, 2.24) is 4.98 Å². The molecule has 132 valence electrons. The van der Waals surface area contributed by atoms with E-state index < -0.39 is 0 Å². The number of aromatic nitrogens is 1. The second kappa shape index (κ2) is 8.31. The molecule has 2 aromatic rings. The Kier molecular flexibility index (Phi) is 5.88. The first-order chi connectivity index (χ1) is 12.1. The highest BCUT2D eigenvalue weighted by molar-refractivity contribution is 9.10. The van der Waals surface area contributed by atoms with Gasteiger partial charge in [-0.2, -0.15) is 0 Å². The summed E-state index contributed by atoms with van der Waals surface area (Å²) < 4.78 is 6.09. The zero-order chi connectivity index (χ0) is 17.6. The molecule has 1 aromatic heterocycles. The maximum atomic E-state index is 12.2. The molecule has 0 radical (unpaired) electrons. The quantitative estimate of drug-likeness (QED) is 0.784. The normalized spacial score (nSPS) is 15.0. The lowest BCUT2D eigenvalue weighted by Gasteiger charge is -2.33. The fourth-order valence-corrected chi connectivity index (χ4v) is 3.15. The predicted molar refractivity (Wildman–Crippen MR) is 101 cm³/mol. The van der Waals surface area contributed by atoms with Crippen LogP contribution < -0.4 is 19.9 Å². The summed E-state index contributed by atoms with van der Waals surface area (Å²) in [5.41, 5.74) is 1.20. The lowest BCUT2D eigenvalue weighted by molar-refractivity contribution is -0.892. The summed E-state index contributed by atoms with van der Waals surface area (Å²) in [5.74, 6) is 1.46. The predicted octanol–water partition coefficient (Wildman–Crippen LogP) is 1.20. The van der Waals surface area contributed by atoms with Gasteiger partial charge in [-0.3, -0.25) is 4.79 Å². The molecule has 3 rings (SSSR count). The first-order valence-electron chi connectivity index (χ1n) is 8.28. The number of anilines is 2. The molecule has 25 heavy (non-hydrogen) atoms. The summed E-state index contributed by atoms with van der Waals surface area (Å²) in [6.07, 6.45) is 1.68. The standard InChI is InChI=1S/C18H21BrN4O2/c1-25-16-5-3-15(4-6-16)23-10-8-22(9-11-23)13-18(24)21-17-7-2-14(19)12-20-17/h2-7,12H,8-11,13H2,1H3,(H,20,21,24)/p+1. The van der Waals surface area contributed by atoms with Gasteiger partial charge >= 0.3 is 0 Å². The Balaban J connectivity index is 1.46. The number of carbonyl (C=O) groups excluding carboxylic acids is 1. The van der Waals surface area contributed by atoms with Gasteiger partial charge in [0.15, 0.2) is 6.54 Å². The summed E-state index contributed by atoms with van der Waals surface area (Å²) in [6.45, 7) is 4.21. The number of rotatable bonds is 5. The number of piperazine rings is 1. The van der Waals surface area contributed by atoms with Crippen molar-refractivity contribution in [3.8, 4) is 5.75 Å². The minimum Gasteiger partial charge on any atom is -0.497 e. The van der Waals surface area contributed by atoms with Gasteiger partial charge in [0.05, 0.1) is 33.3 Å². The van der Waals surface area contributed by atoms with Crippen LogP contribution in [-0.2, 0) is 4.79 Å². The molecule has 1 saturated heterocycles. The van der Waals surface area contributed by atoms with Crippen molar-refractivity contribution in [2.24, 2.45) is 0 Å². The number of amides is 1. The molecular weight excluding hydrogens is 384 g/mol. The van der Waals surface area contributed by atoms with Crippen molar-refractivity contribution in [3.63, 3.8) is 0 Å². The van der Waals surface area contributed by atoms with Gasteiger partial charge in [-0.05, 0) is 52.3 Å². The largest absolute Gasteiger partial charge is 0.497 e. The average molecular weight is 406 g/mol. The van der Waals surface area contributed by atoms with Crippen LogP contribution in [0.1, 0.15) is 0 Å². The molecule has 0 bridgehead atoms. The third-order valence-electron chi connectivity index (χ3n) is 4.31. The molecule has 1 amide bonds. The second-order valence-corrected chi connectivity index (χ2v) is 6.94. The molecule has 1 fully saturated rings. The Morgan fingerprint density at radius 3 is 2.56 bits per heavy atom. The van der Waals surface area contributed by atoms with E-state index in [0.717, 1.165) is 36.4 Å². The van der Waals surface area contributed by atoms with Crippen molar-refractivity contribution in [3.05, 3.63) is 47.1 Å². The summed E-state index contributed by atoms with van der Waals surface area (Å²) in [4.78, 5) is 20.0. The molecule has 1 aliphatic rings. The molecule has 2 N–H and O–H groups in total. The van der Waals surface area contributed by atoms with E-state index >= 15 is 0 Å². The Morgan fingerprint density at radius 1 is 1.24 bits per heavy atom. The first kappa shape index (κ1) is 17.7. The van der Waals surface area contributed by atoms with Gasteiger partial charge in [-0.25, -0.2) is 4.98 Å². The Morgan fingerprint density at radius 2 is 1.96 bits per heavy atom. The van der Waals surface area contributed by atoms with Crippen LogP contribution in [0.3, 0.4) is 0 Å². The molecule has 0 aliphatic carbocycles. The molecule has 0 saturated carbocycles. The van der Waals surface area contributed by atoms with Crippen molar-refractivity contribution in [2.75, 3.05) is 50.1 Å². The third kappa shape index (κ3) is 4.93. The Labute approximate surface area is 155 Å². The zero-order valence-electron chi connectivity index (χ0n) is 14.2. The minimum atomic E-state index is 0.00252. The smallest absolute Gasteiger partial charge is 0.280 e. The van der Waals surface area contributed by atoms with Gasteiger partial charge in [0, 0.05) is 16.4 Å². The summed E-state index contributed by atoms with van der Waals surface area (Å²) in [7, 11) is 1.67. The number of carbonyl (C=O) groups is 1. The van der Waals surface area contributed by atoms with Crippen LogP contribution in [0.5, 0.6) is 5.75 Å². The maximum absolute atomic E-state index is 12.2. The molecule has 6 nitrogen and oxygen atoms in total. The van der Waals surface area contributed by atoms with Crippen LogP contribution in [-0.4, -0.2) is 50.7 Å². The van der Waals surface area contributed by atoms with E-state index in [9.17, 15) is 4.79 Å². The number of ether oxygens (including phenoxy) is 1. The van der Waals surface area contributed by atoms with Gasteiger partial charge in [-0.1, -0.05) is 0 Å². The van der Waals surface area contributed by atoms with Gasteiger partial charge in [0.2, 0.25) is 0 Å². The average Bonchev–Trinajstić information content (AvgIpc) is 2.64. The molecule has 2 heterocycles. The number of nitrogens with one attached hydrogen (secondary N) is 2. The Hall–Kier alpha value is -2.12. The van der Waals surface area contributed by atoms with Gasteiger partial charge < -0.3 is 19.9 Å². The number of pyridine rings is 1. The van der Waals surface area contributed by atoms with Gasteiger partial charge in [0.1, 0.15) is 11.6 Å². The second-order valence-electron chi connectivity index (χ2n) is 6.02. The monoisotopic (exact) mass is 405 g/mol. The van der Waals surface area contributed by atoms with Crippen molar-refractivity contribution in [2.45, 2.75) is 0 Å². The molecule has 7 heteroatoms. The number of methoxy groups -OCH3 is 1. The number of quaternary nitrogens is 1. The first-order valence-corrected chi connectivity index (χ1v) is 9.07. The maximum Gasteiger partial charge on any atom is 0.280 e. The van der Waals surface area contributed by atoms with Crippen LogP contribution in [0.4, 0.5) is 11.5 Å². The van der Waals surface area contributed by atoms with E-state index in [1.807, 2.05) is 18.2 Å². The highest BCUT2D eigenvalue weighted by atomic mass is 79.9. The highest BCUT2D eigenvalue weighted by Gasteiger charge is 2.22. The molecular formula is C18H22BrN4O2+. The molecule has 0 atom stereocenters. The summed E-state index contributed by atoms with van der Waals surface area (Å²) in [6, 6.07) is 11.8. The highest BCUT2D eigenvalue weighted by Crippen LogP contribution is 2.19. The van der Waals surface area contributed by atoms with Crippen LogP contribution in [0, 0.1) is 0 Å². The van der Waals surface area contributed by atoms with Gasteiger partial charge in [-0.15, -0.1) is 0 Å². The number of halogens is 1. The fourth-order valence-electron chi connectivity index (χ4n) is 2.91. The molecule has 1 aromatic carbocycles. The number of hydrogen-bond donors (Lipinski definition) is 2. The topological polar surface area (TPSA) is 58.9 Å². The van der Waals surface area contributed by atoms with Crippen LogP contribution in [0.2, 0.25) is 0 Å². The summed E-state index contributed by atoms with van der Waals surface area (Å²) >= 11 is 3.33. The molecule has 0 spiro atoms. The van der Waals surface area contributed by atoms with Crippen LogP contribution in [0.15, 0.2) is 47.1 Å². The van der Waals surface area contributed by atoms with E-state index in [4.69, 9.17) is 4.74 Å². The minimum absolute atomic E-state index is 0.00252. The van der Waals surface area contributed by atoms with E-state index in [1.54, 1.807) is 19.4 Å². The molecule has 0 unspecified atom stereocenters. The van der Waals surface area contributed by atoms with Gasteiger partial charge in [0.25, 0.3) is 5.91 Å². The van der Waals surface area contributed by atoms with E-state index in [-0.39, 0.29) is 5.91 Å². The van der Waals surface area contributed by atoms with Crippen LogP contribution in [0.25, 0.3) is 0 Å². The summed E-state index contributed by atoms with van der Waals surface area (Å²) in [5, 5.41) is 2.85. The Bertz CT molecular complexity index is 698. The van der Waals surface area contributed by atoms with E-state index in [1.165, 1.54) is 10.6 Å². The van der Waals surface area contributed by atoms with Crippen molar-refractivity contribution >= 4 is 33.3 Å². The molecule has 1 aliphatic heterocycles. The third-order valence-corrected chi connectivity index (χ3v) is 4.78. The van der Waals surface area contributed by atoms with E-state index in [2.05, 4.69) is 43.3 Å². The SMILES string of the molecule is COc1ccc(N2CC[NH+](CC(=O)Nc3ccc(Br)cn3)CC2)cc1.